The van der Waals surface area contributed by atoms with Crippen LogP contribution < -0.4 is 5.32 Å². The lowest BCUT2D eigenvalue weighted by atomic mass is 10.0. The van der Waals surface area contributed by atoms with Crippen LogP contribution in [0.1, 0.15) is 43.6 Å². The van der Waals surface area contributed by atoms with E-state index >= 15 is 0 Å². The topological polar surface area (TPSA) is 75.7 Å². The van der Waals surface area contributed by atoms with Crippen molar-refractivity contribution < 1.29 is 19.1 Å². The Kier molecular flexibility index (Phi) is 5.08. The van der Waals surface area contributed by atoms with Gasteiger partial charge in [0, 0.05) is 23.9 Å². The minimum atomic E-state index is -0.474. The summed E-state index contributed by atoms with van der Waals surface area (Å²) in [6.45, 7) is 4.47. The van der Waals surface area contributed by atoms with Gasteiger partial charge in [0.2, 0.25) is 5.91 Å². The highest BCUT2D eigenvalue weighted by Gasteiger charge is 2.30. The summed E-state index contributed by atoms with van der Waals surface area (Å²) in [5.41, 5.74) is 2.84. The van der Waals surface area contributed by atoms with Gasteiger partial charge in [-0.2, -0.15) is 0 Å². The maximum Gasteiger partial charge on any atom is 0.341 e. The average molecular weight is 372 g/mol. The zero-order valence-corrected chi connectivity index (χ0v) is 15.7. The number of anilines is 1. The van der Waals surface area contributed by atoms with Crippen molar-refractivity contribution in [2.75, 3.05) is 19.0 Å². The molecule has 0 saturated heterocycles. The highest BCUT2D eigenvalue weighted by molar-refractivity contribution is 7.17. The molecule has 0 spiro atoms. The molecule has 1 N–H and O–H groups in total. The largest absolute Gasteiger partial charge is 0.465 e. The highest BCUT2D eigenvalue weighted by Crippen LogP contribution is 2.37. The van der Waals surface area contributed by atoms with Gasteiger partial charge < -0.3 is 15.0 Å². The molecular weight excluding hydrogens is 352 g/mol. The monoisotopic (exact) mass is 372 g/mol. The van der Waals surface area contributed by atoms with E-state index in [4.69, 9.17) is 4.74 Å². The third-order valence-electron chi connectivity index (χ3n) is 4.43. The number of aryl methyl sites for hydroxylation is 1. The average Bonchev–Trinajstić information content (AvgIpc) is 2.98. The molecular formula is C19H20N2O4S. The second-order valence-corrected chi connectivity index (χ2v) is 7.32. The van der Waals surface area contributed by atoms with Gasteiger partial charge in [0.25, 0.3) is 5.91 Å². The van der Waals surface area contributed by atoms with Crippen molar-refractivity contribution in [1.29, 1.82) is 0 Å². The van der Waals surface area contributed by atoms with Gasteiger partial charge in [0.05, 0.1) is 19.2 Å². The molecule has 0 aliphatic carbocycles. The van der Waals surface area contributed by atoms with Crippen LogP contribution in [-0.4, -0.2) is 36.3 Å². The zero-order chi connectivity index (χ0) is 18.8. The second-order valence-electron chi connectivity index (χ2n) is 6.21. The molecule has 0 fully saturated rings. The molecule has 1 aliphatic heterocycles. The fraction of sp³-hybridized carbons (Fsp3) is 0.316. The van der Waals surface area contributed by atoms with Gasteiger partial charge >= 0.3 is 5.97 Å². The van der Waals surface area contributed by atoms with Crippen LogP contribution in [0.5, 0.6) is 0 Å². The number of carbonyl (C=O) groups excluding carboxylic acids is 3. The van der Waals surface area contributed by atoms with Crippen molar-refractivity contribution in [2.45, 2.75) is 26.8 Å². The molecule has 3 rings (SSSR count). The van der Waals surface area contributed by atoms with Gasteiger partial charge in [0.1, 0.15) is 5.00 Å². The molecule has 2 heterocycles. The Hall–Kier alpha value is -2.67. The summed E-state index contributed by atoms with van der Waals surface area (Å²) >= 11 is 1.33. The molecule has 6 nitrogen and oxygen atoms in total. The van der Waals surface area contributed by atoms with Crippen LogP contribution in [0, 0.1) is 6.92 Å². The quantitative estimate of drug-likeness (QED) is 0.841. The molecule has 0 bridgehead atoms. The fourth-order valence-corrected chi connectivity index (χ4v) is 4.20. The minimum Gasteiger partial charge on any atom is -0.465 e. The van der Waals surface area contributed by atoms with Crippen molar-refractivity contribution in [3.63, 3.8) is 0 Å². The first-order valence-corrected chi connectivity index (χ1v) is 9.08. The Morgan fingerprint density at radius 3 is 2.50 bits per heavy atom. The molecule has 0 radical (unpaired) electrons. The van der Waals surface area contributed by atoms with E-state index in [1.165, 1.54) is 25.4 Å². The Bertz CT molecular complexity index is 870. The van der Waals surface area contributed by atoms with Gasteiger partial charge in [-0.3, -0.25) is 9.59 Å². The lowest BCUT2D eigenvalue weighted by Crippen LogP contribution is -2.33. The molecule has 0 atom stereocenters. The third-order valence-corrected chi connectivity index (χ3v) is 5.56. The van der Waals surface area contributed by atoms with Crippen LogP contribution in [0.4, 0.5) is 5.00 Å². The molecule has 7 heteroatoms. The van der Waals surface area contributed by atoms with E-state index in [-0.39, 0.29) is 11.8 Å². The highest BCUT2D eigenvalue weighted by atomic mass is 32.1. The van der Waals surface area contributed by atoms with Crippen molar-refractivity contribution in [3.8, 4) is 0 Å². The van der Waals surface area contributed by atoms with E-state index in [2.05, 4.69) is 5.32 Å². The van der Waals surface area contributed by atoms with Crippen LogP contribution in [-0.2, 0) is 22.5 Å². The van der Waals surface area contributed by atoms with Crippen LogP contribution in [0.25, 0.3) is 0 Å². The normalized spacial score (nSPS) is 13.1. The SMILES string of the molecule is COC(=O)c1c(NC(=O)c2ccc(C)cc2)sc2c1CCN(C(C)=O)C2. The standard InChI is InChI=1S/C19H20N2O4S/c1-11-4-6-13(7-5-11)17(23)20-18-16(19(24)25-3)14-8-9-21(12(2)22)10-15(14)26-18/h4-7H,8-10H2,1-3H3,(H,20,23). The number of thiophene rings is 1. The fourth-order valence-electron chi connectivity index (χ4n) is 2.96. The summed E-state index contributed by atoms with van der Waals surface area (Å²) in [7, 11) is 1.32. The van der Waals surface area contributed by atoms with E-state index in [1.807, 2.05) is 19.1 Å². The summed E-state index contributed by atoms with van der Waals surface area (Å²) in [6, 6.07) is 7.21. The van der Waals surface area contributed by atoms with Gasteiger partial charge in [-0.05, 0) is 31.0 Å². The summed E-state index contributed by atoms with van der Waals surface area (Å²) in [5, 5.41) is 3.31. The number of carbonyl (C=O) groups is 3. The van der Waals surface area contributed by atoms with Gasteiger partial charge in [-0.15, -0.1) is 11.3 Å². The van der Waals surface area contributed by atoms with Gasteiger partial charge in [-0.1, -0.05) is 17.7 Å². The number of fused-ring (bicyclic) bond motifs is 1. The summed E-state index contributed by atoms with van der Waals surface area (Å²) < 4.78 is 4.91. The lowest BCUT2D eigenvalue weighted by molar-refractivity contribution is -0.129. The number of esters is 1. The van der Waals surface area contributed by atoms with E-state index in [9.17, 15) is 14.4 Å². The van der Waals surface area contributed by atoms with E-state index in [0.717, 1.165) is 16.0 Å². The minimum absolute atomic E-state index is 0.00564. The number of nitrogens with one attached hydrogen (secondary N) is 1. The van der Waals surface area contributed by atoms with Crippen molar-refractivity contribution in [1.82, 2.24) is 4.90 Å². The van der Waals surface area contributed by atoms with E-state index < -0.39 is 5.97 Å². The Balaban J connectivity index is 1.93. The van der Waals surface area contributed by atoms with Crippen LogP contribution in [0.15, 0.2) is 24.3 Å². The maximum atomic E-state index is 12.6. The number of ether oxygens (including phenoxy) is 1. The predicted molar refractivity (Wildman–Crippen MR) is 99.6 cm³/mol. The maximum absolute atomic E-state index is 12.6. The molecule has 0 saturated carbocycles. The molecule has 136 valence electrons. The zero-order valence-electron chi connectivity index (χ0n) is 14.9. The Labute approximate surface area is 155 Å². The second kappa shape index (κ2) is 7.29. The summed E-state index contributed by atoms with van der Waals surface area (Å²) in [6.07, 6.45) is 0.566. The number of nitrogens with zero attached hydrogens (tertiary/aromatic N) is 1. The first kappa shape index (κ1) is 18.1. The smallest absolute Gasteiger partial charge is 0.341 e. The van der Waals surface area contributed by atoms with Crippen molar-refractivity contribution in [2.24, 2.45) is 0 Å². The van der Waals surface area contributed by atoms with Crippen LogP contribution >= 0.6 is 11.3 Å². The van der Waals surface area contributed by atoms with Gasteiger partial charge in [0.15, 0.2) is 0 Å². The Morgan fingerprint density at radius 1 is 1.19 bits per heavy atom. The van der Waals surface area contributed by atoms with Gasteiger partial charge in [-0.25, -0.2) is 4.79 Å². The number of amides is 2. The summed E-state index contributed by atoms with van der Waals surface area (Å²) in [4.78, 5) is 39.1. The number of methoxy groups -OCH3 is 1. The number of benzene rings is 1. The number of rotatable bonds is 3. The number of hydrogen-bond donors (Lipinski definition) is 1. The first-order valence-electron chi connectivity index (χ1n) is 8.27. The van der Waals surface area contributed by atoms with Crippen LogP contribution in [0.2, 0.25) is 0 Å². The molecule has 1 aliphatic rings. The molecule has 2 amide bonds. The van der Waals surface area contributed by atoms with E-state index in [0.29, 0.717) is 35.6 Å². The molecule has 0 unspecified atom stereocenters. The molecule has 1 aromatic heterocycles. The number of hydrogen-bond acceptors (Lipinski definition) is 5. The van der Waals surface area contributed by atoms with E-state index in [1.54, 1.807) is 17.0 Å². The summed E-state index contributed by atoms with van der Waals surface area (Å²) in [5.74, 6) is -0.760. The molecule has 1 aromatic carbocycles. The van der Waals surface area contributed by atoms with Crippen LogP contribution in [0.3, 0.4) is 0 Å². The molecule has 26 heavy (non-hydrogen) atoms. The molecule has 2 aromatic rings. The van der Waals surface area contributed by atoms with Crippen molar-refractivity contribution in [3.05, 3.63) is 51.4 Å². The Morgan fingerprint density at radius 2 is 1.88 bits per heavy atom. The first-order chi connectivity index (χ1) is 12.4. The van der Waals surface area contributed by atoms with Crippen molar-refractivity contribution >= 4 is 34.1 Å². The third kappa shape index (κ3) is 3.48. The lowest BCUT2D eigenvalue weighted by Gasteiger charge is -2.25. The predicted octanol–water partition coefficient (Wildman–Crippen LogP) is 3.00.